The number of hydrogen-bond acceptors (Lipinski definition) is 4. The van der Waals surface area contributed by atoms with Gasteiger partial charge in [-0.1, -0.05) is 30.3 Å². The molecule has 1 amide bonds. The molecule has 29 heavy (non-hydrogen) atoms. The molecule has 6 heteroatoms. The molecule has 0 saturated heterocycles. The molecule has 1 atom stereocenters. The van der Waals surface area contributed by atoms with E-state index >= 15 is 0 Å². The zero-order valence-electron chi connectivity index (χ0n) is 15.9. The van der Waals surface area contributed by atoms with Crippen LogP contribution in [-0.2, 0) is 6.42 Å². The monoisotopic (exact) mass is 388 g/mol. The molecule has 0 radical (unpaired) electrons. The molecule has 2 aromatic carbocycles. The van der Waals surface area contributed by atoms with Gasteiger partial charge in [-0.3, -0.25) is 9.59 Å². The van der Waals surface area contributed by atoms with Crippen molar-refractivity contribution < 1.29 is 19.1 Å². The van der Waals surface area contributed by atoms with Crippen LogP contribution < -0.4 is 14.8 Å². The van der Waals surface area contributed by atoms with E-state index in [1.54, 1.807) is 13.0 Å². The first-order valence-electron chi connectivity index (χ1n) is 9.38. The number of Topliss-reactive ketones (excluding diaryl/α,β-unsaturated/α-hetero) is 1. The van der Waals surface area contributed by atoms with Gasteiger partial charge in [0, 0.05) is 18.1 Å². The topological polar surface area (TPSA) is 82.3 Å². The molecule has 1 unspecified atom stereocenters. The van der Waals surface area contributed by atoms with Gasteiger partial charge in [0.25, 0.3) is 5.91 Å². The summed E-state index contributed by atoms with van der Waals surface area (Å²) >= 11 is 0. The second-order valence-corrected chi connectivity index (χ2v) is 7.03. The number of ketones is 1. The highest BCUT2D eigenvalue weighted by Gasteiger charge is 2.24. The van der Waals surface area contributed by atoms with E-state index in [0.29, 0.717) is 28.8 Å². The molecule has 1 aliphatic rings. The number of carbonyl (C=O) groups is 2. The van der Waals surface area contributed by atoms with Crippen molar-refractivity contribution in [3.05, 3.63) is 88.9 Å². The lowest BCUT2D eigenvalue weighted by atomic mass is 9.95. The summed E-state index contributed by atoms with van der Waals surface area (Å²) in [5.41, 5.74) is 3.90. The number of nitrogens with zero attached hydrogens (tertiary/aromatic N) is 1. The molecular weight excluding hydrogens is 368 g/mol. The van der Waals surface area contributed by atoms with E-state index in [0.717, 1.165) is 22.4 Å². The average Bonchev–Trinajstić information content (AvgIpc) is 3.14. The van der Waals surface area contributed by atoms with Crippen molar-refractivity contribution in [1.29, 1.82) is 0 Å². The Morgan fingerprint density at radius 3 is 2.79 bits per heavy atom. The van der Waals surface area contributed by atoms with E-state index < -0.39 is 0 Å². The lowest BCUT2D eigenvalue weighted by Crippen LogP contribution is -2.36. The summed E-state index contributed by atoms with van der Waals surface area (Å²) < 4.78 is 6.53. The first-order chi connectivity index (χ1) is 14.0. The maximum absolute atomic E-state index is 12.2. The van der Waals surface area contributed by atoms with Gasteiger partial charge in [0.1, 0.15) is 17.4 Å². The number of aromatic nitrogens is 1. The number of hydrogen-bond donors (Lipinski definition) is 1. The van der Waals surface area contributed by atoms with Crippen LogP contribution in [0, 0.1) is 5.21 Å². The summed E-state index contributed by atoms with van der Waals surface area (Å²) in [7, 11) is 0. The van der Waals surface area contributed by atoms with Crippen LogP contribution >= 0.6 is 0 Å². The molecule has 0 fully saturated rings. The normalized spacial score (nSPS) is 14.7. The van der Waals surface area contributed by atoms with Gasteiger partial charge < -0.3 is 15.3 Å². The lowest BCUT2D eigenvalue weighted by Gasteiger charge is -2.11. The van der Waals surface area contributed by atoms with E-state index in [1.807, 2.05) is 42.5 Å². The molecule has 2 heterocycles. The maximum Gasteiger partial charge on any atom is 0.257 e. The molecule has 4 rings (SSSR count). The molecule has 6 nitrogen and oxygen atoms in total. The quantitative estimate of drug-likeness (QED) is 0.414. The van der Waals surface area contributed by atoms with Gasteiger partial charge in [0.05, 0.1) is 6.54 Å². The number of benzene rings is 2. The Labute approximate surface area is 168 Å². The van der Waals surface area contributed by atoms with Crippen LogP contribution in [0.25, 0.3) is 11.1 Å². The van der Waals surface area contributed by atoms with Crippen LogP contribution in [0.3, 0.4) is 0 Å². The fourth-order valence-electron chi connectivity index (χ4n) is 3.54. The second-order valence-electron chi connectivity index (χ2n) is 7.03. The average molecular weight is 388 g/mol. The fourth-order valence-corrected chi connectivity index (χ4v) is 3.54. The van der Waals surface area contributed by atoms with E-state index in [-0.39, 0.29) is 17.8 Å². The first kappa shape index (κ1) is 18.7. The van der Waals surface area contributed by atoms with E-state index in [4.69, 9.17) is 4.74 Å². The van der Waals surface area contributed by atoms with Crippen molar-refractivity contribution in [2.75, 3.05) is 6.54 Å². The minimum atomic E-state index is -0.314. The Bertz CT molecular complexity index is 1090. The Morgan fingerprint density at radius 2 is 2.00 bits per heavy atom. The Balaban J connectivity index is 1.45. The summed E-state index contributed by atoms with van der Waals surface area (Å²) in [4.78, 5) is 24.1. The van der Waals surface area contributed by atoms with Crippen molar-refractivity contribution in [2.45, 2.75) is 19.4 Å². The molecule has 1 aliphatic heterocycles. The number of pyridine rings is 1. The number of carbonyl (C=O) groups excluding carboxylic acids is 2. The molecule has 0 spiro atoms. The maximum atomic E-state index is 12.2. The van der Waals surface area contributed by atoms with Crippen LogP contribution in [0.4, 0.5) is 0 Å². The van der Waals surface area contributed by atoms with Crippen molar-refractivity contribution in [3.63, 3.8) is 0 Å². The van der Waals surface area contributed by atoms with Crippen LogP contribution in [0.5, 0.6) is 5.75 Å². The van der Waals surface area contributed by atoms with E-state index in [1.165, 1.54) is 18.5 Å². The van der Waals surface area contributed by atoms with Crippen LogP contribution in [0.1, 0.15) is 33.2 Å². The summed E-state index contributed by atoms with van der Waals surface area (Å²) in [6.45, 7) is 1.90. The van der Waals surface area contributed by atoms with Gasteiger partial charge in [-0.05, 0) is 41.8 Å². The van der Waals surface area contributed by atoms with Gasteiger partial charge in [-0.15, -0.1) is 0 Å². The molecule has 3 aromatic rings. The van der Waals surface area contributed by atoms with Gasteiger partial charge in [0.15, 0.2) is 18.2 Å². The Hall–Kier alpha value is -3.67. The number of nitrogens with one attached hydrogen (secondary N) is 1. The van der Waals surface area contributed by atoms with Crippen molar-refractivity contribution in [1.82, 2.24) is 5.32 Å². The lowest BCUT2D eigenvalue weighted by molar-refractivity contribution is -0.605. The number of rotatable bonds is 5. The van der Waals surface area contributed by atoms with Crippen LogP contribution in [-0.4, -0.2) is 24.3 Å². The van der Waals surface area contributed by atoms with Gasteiger partial charge in [-0.25, -0.2) is 0 Å². The zero-order valence-corrected chi connectivity index (χ0v) is 15.9. The molecule has 0 aliphatic carbocycles. The predicted molar refractivity (Wildman–Crippen MR) is 108 cm³/mol. The summed E-state index contributed by atoms with van der Waals surface area (Å²) in [6, 6.07) is 16.5. The van der Waals surface area contributed by atoms with Crippen LogP contribution in [0.2, 0.25) is 0 Å². The summed E-state index contributed by atoms with van der Waals surface area (Å²) in [6.07, 6.45) is 3.03. The van der Waals surface area contributed by atoms with Crippen molar-refractivity contribution in [2.24, 2.45) is 0 Å². The van der Waals surface area contributed by atoms with Crippen molar-refractivity contribution in [3.8, 4) is 16.9 Å². The van der Waals surface area contributed by atoms with Gasteiger partial charge >= 0.3 is 0 Å². The molecule has 146 valence electrons. The molecule has 1 N–H and O–H groups in total. The Morgan fingerprint density at radius 1 is 1.17 bits per heavy atom. The third-order valence-electron chi connectivity index (χ3n) is 4.95. The highest BCUT2D eigenvalue weighted by molar-refractivity contribution is 6.00. The van der Waals surface area contributed by atoms with Gasteiger partial charge in [-0.2, -0.15) is 4.73 Å². The van der Waals surface area contributed by atoms with E-state index in [9.17, 15) is 14.8 Å². The minimum Gasteiger partial charge on any atom is -0.619 e. The number of amides is 1. The fraction of sp³-hybridized carbons (Fsp3) is 0.174. The zero-order chi connectivity index (χ0) is 20.4. The number of ether oxygens (including phenoxy) is 1. The SMILES string of the molecule is CC(=O)c1ccccc1-c1ccc2c(c1)CC(CNC(=O)c1ccc[n+]([O-])c1)O2. The second kappa shape index (κ2) is 7.75. The highest BCUT2D eigenvalue weighted by Crippen LogP contribution is 2.34. The first-order valence-corrected chi connectivity index (χ1v) is 9.38. The largest absolute Gasteiger partial charge is 0.619 e. The molecule has 0 saturated carbocycles. The van der Waals surface area contributed by atoms with Gasteiger partial charge in [0.2, 0.25) is 0 Å². The minimum absolute atomic E-state index is 0.0262. The molecular formula is C23H20N2O4. The smallest absolute Gasteiger partial charge is 0.257 e. The highest BCUT2D eigenvalue weighted by atomic mass is 16.5. The summed E-state index contributed by atoms with van der Waals surface area (Å²) in [5.74, 6) is 0.495. The Kier molecular flexibility index (Phi) is 4.99. The standard InChI is InChI=1S/C23H20N2O4/c1-15(26)20-6-2-3-7-21(20)16-8-9-22-18(11-16)12-19(29-22)13-24-23(27)17-5-4-10-25(28)14-17/h2-11,14,19H,12-13H2,1H3,(H,24,27). The van der Waals surface area contributed by atoms with E-state index in [2.05, 4.69) is 5.32 Å². The number of fused-ring (bicyclic) bond motifs is 1. The molecule has 0 bridgehead atoms. The summed E-state index contributed by atoms with van der Waals surface area (Å²) in [5, 5.41) is 14.1. The van der Waals surface area contributed by atoms with Crippen molar-refractivity contribution >= 4 is 11.7 Å². The third kappa shape index (κ3) is 3.96. The molecule has 1 aromatic heterocycles. The third-order valence-corrected chi connectivity index (χ3v) is 4.95. The predicted octanol–water partition coefficient (Wildman–Crippen LogP) is 2.92. The van der Waals surface area contributed by atoms with Crippen LogP contribution in [0.15, 0.2) is 67.0 Å².